The normalized spacial score (nSPS) is 14.8. The van der Waals surface area contributed by atoms with E-state index in [0.29, 0.717) is 24.1 Å². The van der Waals surface area contributed by atoms with Gasteiger partial charge >= 0.3 is 6.01 Å². The quantitative estimate of drug-likeness (QED) is 0.752. The van der Waals surface area contributed by atoms with E-state index < -0.39 is 0 Å². The van der Waals surface area contributed by atoms with Crippen LogP contribution in [0.3, 0.4) is 0 Å². The van der Waals surface area contributed by atoms with Crippen LogP contribution >= 0.6 is 11.3 Å². The molecule has 3 aromatic rings. The number of pyridine rings is 1. The third-order valence-corrected chi connectivity index (χ3v) is 4.49. The summed E-state index contributed by atoms with van der Waals surface area (Å²) in [7, 11) is 0. The predicted octanol–water partition coefficient (Wildman–Crippen LogP) is 2.04. The van der Waals surface area contributed by atoms with Crippen molar-refractivity contribution in [2.24, 2.45) is 0 Å². The SMILES string of the molecule is c1cncc(CNc2nnc(-c3csc(N4CCOCC4)n3)o2)c1. The van der Waals surface area contributed by atoms with Gasteiger partial charge in [0.25, 0.3) is 5.89 Å². The number of anilines is 2. The summed E-state index contributed by atoms with van der Waals surface area (Å²) in [6, 6.07) is 4.24. The van der Waals surface area contributed by atoms with Gasteiger partial charge in [-0.3, -0.25) is 4.98 Å². The maximum atomic E-state index is 5.64. The summed E-state index contributed by atoms with van der Waals surface area (Å²) in [5, 5.41) is 14.1. The van der Waals surface area contributed by atoms with Crippen molar-refractivity contribution in [3.63, 3.8) is 0 Å². The molecule has 0 aliphatic carbocycles. The highest BCUT2D eigenvalue weighted by atomic mass is 32.1. The molecule has 1 saturated heterocycles. The molecule has 9 heteroatoms. The van der Waals surface area contributed by atoms with Gasteiger partial charge in [-0.15, -0.1) is 16.4 Å². The Kier molecular flexibility index (Phi) is 4.34. The van der Waals surface area contributed by atoms with Crippen LogP contribution in [-0.4, -0.2) is 46.5 Å². The van der Waals surface area contributed by atoms with Crippen LogP contribution in [0.25, 0.3) is 11.6 Å². The van der Waals surface area contributed by atoms with Gasteiger partial charge in [0, 0.05) is 37.4 Å². The van der Waals surface area contributed by atoms with Gasteiger partial charge in [0.2, 0.25) is 0 Å². The van der Waals surface area contributed by atoms with Crippen molar-refractivity contribution in [2.75, 3.05) is 36.5 Å². The Bertz CT molecular complexity index is 784. The molecule has 0 bridgehead atoms. The summed E-state index contributed by atoms with van der Waals surface area (Å²) in [5.74, 6) is 0.416. The zero-order valence-electron chi connectivity index (χ0n) is 12.9. The lowest BCUT2D eigenvalue weighted by Crippen LogP contribution is -2.36. The Hall–Kier alpha value is -2.52. The minimum atomic E-state index is 0.370. The monoisotopic (exact) mass is 344 g/mol. The Morgan fingerprint density at radius 3 is 3.00 bits per heavy atom. The van der Waals surface area contributed by atoms with Crippen molar-refractivity contribution >= 4 is 22.5 Å². The number of nitrogens with zero attached hydrogens (tertiary/aromatic N) is 5. The summed E-state index contributed by atoms with van der Waals surface area (Å²) in [4.78, 5) is 10.9. The molecule has 124 valence electrons. The van der Waals surface area contributed by atoms with Crippen molar-refractivity contribution in [3.05, 3.63) is 35.5 Å². The zero-order valence-corrected chi connectivity index (χ0v) is 13.7. The maximum absolute atomic E-state index is 5.64. The van der Waals surface area contributed by atoms with Gasteiger partial charge in [-0.1, -0.05) is 11.2 Å². The second kappa shape index (κ2) is 6.93. The lowest BCUT2D eigenvalue weighted by atomic mass is 10.3. The smallest absolute Gasteiger partial charge is 0.316 e. The number of hydrogen-bond donors (Lipinski definition) is 1. The predicted molar refractivity (Wildman–Crippen MR) is 90.0 cm³/mol. The van der Waals surface area contributed by atoms with E-state index in [0.717, 1.165) is 37.0 Å². The van der Waals surface area contributed by atoms with Gasteiger partial charge in [-0.25, -0.2) is 4.98 Å². The summed E-state index contributed by atoms with van der Waals surface area (Å²) in [6.45, 7) is 3.75. The summed E-state index contributed by atoms with van der Waals surface area (Å²) >= 11 is 1.57. The lowest BCUT2D eigenvalue weighted by Gasteiger charge is -2.25. The third kappa shape index (κ3) is 3.36. The molecule has 4 rings (SSSR count). The van der Waals surface area contributed by atoms with Crippen LogP contribution in [0.4, 0.5) is 11.1 Å². The molecule has 0 amide bonds. The first-order valence-corrected chi connectivity index (χ1v) is 8.51. The van der Waals surface area contributed by atoms with E-state index in [9.17, 15) is 0 Å². The Morgan fingerprint density at radius 2 is 2.17 bits per heavy atom. The molecule has 24 heavy (non-hydrogen) atoms. The molecule has 0 saturated carbocycles. The average molecular weight is 344 g/mol. The van der Waals surface area contributed by atoms with Crippen LogP contribution in [0.1, 0.15) is 5.56 Å². The number of morpholine rings is 1. The number of aromatic nitrogens is 4. The van der Waals surface area contributed by atoms with Crippen LogP contribution in [0.5, 0.6) is 0 Å². The van der Waals surface area contributed by atoms with Crippen molar-refractivity contribution in [2.45, 2.75) is 6.54 Å². The van der Waals surface area contributed by atoms with Crippen molar-refractivity contribution in [1.82, 2.24) is 20.2 Å². The zero-order chi connectivity index (χ0) is 16.2. The van der Waals surface area contributed by atoms with Gasteiger partial charge in [0.1, 0.15) is 5.69 Å². The molecule has 0 spiro atoms. The second-order valence-corrected chi connectivity index (χ2v) is 6.08. The number of thiazole rings is 1. The van der Waals surface area contributed by atoms with E-state index >= 15 is 0 Å². The highest BCUT2D eigenvalue weighted by Gasteiger charge is 2.17. The first-order valence-electron chi connectivity index (χ1n) is 7.63. The molecule has 3 aromatic heterocycles. The van der Waals surface area contributed by atoms with Gasteiger partial charge in [-0.2, -0.15) is 0 Å². The number of rotatable bonds is 5. The minimum Gasteiger partial charge on any atom is -0.402 e. The summed E-state index contributed by atoms with van der Waals surface area (Å²) < 4.78 is 11.0. The molecule has 0 unspecified atom stereocenters. The Morgan fingerprint density at radius 1 is 1.25 bits per heavy atom. The number of hydrogen-bond acceptors (Lipinski definition) is 9. The lowest BCUT2D eigenvalue weighted by molar-refractivity contribution is 0.122. The number of nitrogens with one attached hydrogen (secondary N) is 1. The van der Waals surface area contributed by atoms with E-state index in [1.807, 2.05) is 17.5 Å². The van der Waals surface area contributed by atoms with E-state index in [1.165, 1.54) is 0 Å². The molecule has 1 N–H and O–H groups in total. The maximum Gasteiger partial charge on any atom is 0.316 e. The van der Waals surface area contributed by atoms with Gasteiger partial charge in [0.15, 0.2) is 5.13 Å². The average Bonchev–Trinajstić information content (AvgIpc) is 3.31. The fourth-order valence-electron chi connectivity index (χ4n) is 2.34. The summed E-state index contributed by atoms with van der Waals surface area (Å²) in [5.41, 5.74) is 1.74. The fraction of sp³-hybridized carbons (Fsp3) is 0.333. The minimum absolute atomic E-state index is 0.370. The number of ether oxygens (including phenoxy) is 1. The van der Waals surface area contributed by atoms with Crippen molar-refractivity contribution in [3.8, 4) is 11.6 Å². The van der Waals surface area contributed by atoms with E-state index in [2.05, 4.69) is 30.4 Å². The van der Waals surface area contributed by atoms with Crippen LogP contribution < -0.4 is 10.2 Å². The molecular formula is C15H16N6O2S. The molecule has 0 aromatic carbocycles. The molecule has 4 heterocycles. The molecule has 0 radical (unpaired) electrons. The Labute approximate surface area is 142 Å². The van der Waals surface area contributed by atoms with Gasteiger partial charge in [0.05, 0.1) is 13.2 Å². The van der Waals surface area contributed by atoms with Crippen LogP contribution in [-0.2, 0) is 11.3 Å². The van der Waals surface area contributed by atoms with E-state index in [-0.39, 0.29) is 0 Å². The highest BCUT2D eigenvalue weighted by Crippen LogP contribution is 2.27. The fourth-order valence-corrected chi connectivity index (χ4v) is 3.19. The van der Waals surface area contributed by atoms with Crippen molar-refractivity contribution < 1.29 is 9.15 Å². The second-order valence-electron chi connectivity index (χ2n) is 5.24. The highest BCUT2D eigenvalue weighted by molar-refractivity contribution is 7.14. The first kappa shape index (κ1) is 15.0. The van der Waals surface area contributed by atoms with E-state index in [1.54, 1.807) is 23.7 Å². The van der Waals surface area contributed by atoms with E-state index in [4.69, 9.17) is 9.15 Å². The topological polar surface area (TPSA) is 89.2 Å². The standard InChI is InChI=1S/C15H16N6O2S/c1-2-11(8-16-3-1)9-17-14-20-19-13(23-14)12-10-24-15(18-12)21-4-6-22-7-5-21/h1-3,8,10H,4-7,9H2,(H,17,20). The van der Waals surface area contributed by atoms with Crippen LogP contribution in [0, 0.1) is 0 Å². The van der Waals surface area contributed by atoms with Gasteiger partial charge < -0.3 is 19.4 Å². The molecule has 8 nitrogen and oxygen atoms in total. The molecule has 1 aliphatic heterocycles. The summed E-state index contributed by atoms with van der Waals surface area (Å²) in [6.07, 6.45) is 3.53. The third-order valence-electron chi connectivity index (χ3n) is 3.58. The first-order chi connectivity index (χ1) is 11.9. The molecule has 1 fully saturated rings. The molecule has 1 aliphatic rings. The van der Waals surface area contributed by atoms with Gasteiger partial charge in [-0.05, 0) is 11.6 Å². The molecule has 0 atom stereocenters. The van der Waals surface area contributed by atoms with Crippen molar-refractivity contribution in [1.29, 1.82) is 0 Å². The Balaban J connectivity index is 1.42. The van der Waals surface area contributed by atoms with Crippen LogP contribution in [0.2, 0.25) is 0 Å². The molecular weight excluding hydrogens is 328 g/mol. The largest absolute Gasteiger partial charge is 0.402 e. The van der Waals surface area contributed by atoms with Crippen LogP contribution in [0.15, 0.2) is 34.3 Å².